The molecule has 1 nitrogen and oxygen atoms in total. The lowest BCUT2D eigenvalue weighted by molar-refractivity contribution is 0.268. The van der Waals surface area contributed by atoms with E-state index in [1.807, 2.05) is 0 Å². The first-order chi connectivity index (χ1) is 5.29. The van der Waals surface area contributed by atoms with E-state index in [1.54, 1.807) is 0 Å². The smallest absolute Gasteiger partial charge is 0.111 e. The third-order valence-electron chi connectivity index (χ3n) is 2.96. The van der Waals surface area contributed by atoms with E-state index in [1.165, 1.54) is 6.42 Å². The summed E-state index contributed by atoms with van der Waals surface area (Å²) < 4.78 is 13.1. The van der Waals surface area contributed by atoms with Crippen LogP contribution in [0, 0.1) is 5.92 Å². The zero-order valence-electron chi connectivity index (χ0n) is 6.91. The largest absolute Gasteiger partial charge is 0.316 e. The van der Waals surface area contributed by atoms with Gasteiger partial charge in [-0.15, -0.1) is 0 Å². The predicted molar refractivity (Wildman–Crippen MR) is 43.3 cm³/mol. The van der Waals surface area contributed by atoms with Crippen LogP contribution >= 0.6 is 0 Å². The Morgan fingerprint density at radius 1 is 1.45 bits per heavy atom. The second-order valence-electron chi connectivity index (χ2n) is 4.05. The molecule has 0 bridgehead atoms. The highest BCUT2D eigenvalue weighted by Crippen LogP contribution is 2.44. The first kappa shape index (κ1) is 7.53. The molecule has 2 rings (SSSR count). The van der Waals surface area contributed by atoms with Gasteiger partial charge in [0, 0.05) is 0 Å². The van der Waals surface area contributed by atoms with Crippen molar-refractivity contribution in [1.82, 2.24) is 5.32 Å². The predicted octanol–water partition coefficient (Wildman–Crippen LogP) is 1.88. The van der Waals surface area contributed by atoms with Crippen molar-refractivity contribution in [3.8, 4) is 0 Å². The first-order valence-electron chi connectivity index (χ1n) is 4.68. The Kier molecular flexibility index (Phi) is 1.88. The van der Waals surface area contributed by atoms with Crippen molar-refractivity contribution >= 4 is 0 Å². The molecule has 2 fully saturated rings. The average Bonchev–Trinajstić information content (AvgIpc) is 2.53. The fourth-order valence-electron chi connectivity index (χ4n) is 1.81. The lowest BCUT2D eigenvalue weighted by Gasteiger charge is -2.09. The van der Waals surface area contributed by atoms with Crippen LogP contribution in [-0.4, -0.2) is 18.8 Å². The molecule has 2 aliphatic rings. The van der Waals surface area contributed by atoms with E-state index in [-0.39, 0.29) is 0 Å². The first-order valence-corrected chi connectivity index (χ1v) is 4.68. The van der Waals surface area contributed by atoms with E-state index in [0.29, 0.717) is 0 Å². The summed E-state index contributed by atoms with van der Waals surface area (Å²) in [6.07, 6.45) is 4.83. The fraction of sp³-hybridized carbons (Fsp3) is 1.00. The average molecular weight is 157 g/mol. The highest BCUT2D eigenvalue weighted by atomic mass is 19.1. The van der Waals surface area contributed by atoms with Crippen LogP contribution in [0.25, 0.3) is 0 Å². The highest BCUT2D eigenvalue weighted by molar-refractivity contribution is 4.94. The molecule has 1 saturated heterocycles. The van der Waals surface area contributed by atoms with Crippen LogP contribution < -0.4 is 5.32 Å². The van der Waals surface area contributed by atoms with Crippen LogP contribution in [-0.2, 0) is 0 Å². The molecule has 1 unspecified atom stereocenters. The maximum Gasteiger partial charge on any atom is 0.111 e. The quantitative estimate of drug-likeness (QED) is 0.659. The maximum atomic E-state index is 13.1. The Bertz CT molecular complexity index is 136. The summed E-state index contributed by atoms with van der Waals surface area (Å²) in [4.78, 5) is 0. The van der Waals surface area contributed by atoms with Gasteiger partial charge in [0.25, 0.3) is 0 Å². The summed E-state index contributed by atoms with van der Waals surface area (Å²) >= 11 is 0. The van der Waals surface area contributed by atoms with Gasteiger partial charge in [-0.1, -0.05) is 0 Å². The van der Waals surface area contributed by atoms with Crippen molar-refractivity contribution in [1.29, 1.82) is 0 Å². The lowest BCUT2D eigenvalue weighted by atomic mass is 10.00. The van der Waals surface area contributed by atoms with Gasteiger partial charge in [-0.05, 0) is 51.1 Å². The second-order valence-corrected chi connectivity index (χ2v) is 4.05. The van der Waals surface area contributed by atoms with E-state index in [2.05, 4.69) is 5.32 Å². The number of hydrogen-bond donors (Lipinski definition) is 1. The van der Waals surface area contributed by atoms with Gasteiger partial charge in [0.05, 0.1) is 0 Å². The summed E-state index contributed by atoms with van der Waals surface area (Å²) in [6, 6.07) is 0. The van der Waals surface area contributed by atoms with E-state index in [0.717, 1.165) is 44.7 Å². The molecule has 1 heterocycles. The number of alkyl halides is 1. The molecule has 0 spiro atoms. The van der Waals surface area contributed by atoms with Gasteiger partial charge in [-0.25, -0.2) is 4.39 Å². The van der Waals surface area contributed by atoms with Crippen molar-refractivity contribution in [2.24, 2.45) is 5.92 Å². The van der Waals surface area contributed by atoms with Crippen molar-refractivity contribution < 1.29 is 4.39 Å². The summed E-state index contributed by atoms with van der Waals surface area (Å²) in [5, 5.41) is 3.31. The minimum atomic E-state index is -0.720. The Morgan fingerprint density at radius 3 is 2.82 bits per heavy atom. The van der Waals surface area contributed by atoms with E-state index < -0.39 is 5.67 Å². The van der Waals surface area contributed by atoms with Crippen molar-refractivity contribution in [3.05, 3.63) is 0 Å². The SMILES string of the molecule is FC1(CCC2CCNC2)CC1. The third kappa shape index (κ3) is 1.92. The second kappa shape index (κ2) is 2.74. The van der Waals surface area contributed by atoms with Crippen LogP contribution in [0.1, 0.15) is 32.1 Å². The van der Waals surface area contributed by atoms with Crippen LogP contribution in [0.2, 0.25) is 0 Å². The molecule has 1 atom stereocenters. The zero-order chi connectivity index (χ0) is 7.73. The Balaban J connectivity index is 1.65. The van der Waals surface area contributed by atoms with Crippen LogP contribution in [0.4, 0.5) is 4.39 Å². The molecule has 1 saturated carbocycles. The number of halogens is 1. The number of rotatable bonds is 3. The fourth-order valence-corrected chi connectivity index (χ4v) is 1.81. The topological polar surface area (TPSA) is 12.0 Å². The Morgan fingerprint density at radius 2 is 2.27 bits per heavy atom. The minimum absolute atomic E-state index is 0.720. The van der Waals surface area contributed by atoms with Gasteiger partial charge in [0.1, 0.15) is 5.67 Å². The summed E-state index contributed by atoms with van der Waals surface area (Å²) in [7, 11) is 0. The van der Waals surface area contributed by atoms with Gasteiger partial charge in [-0.2, -0.15) is 0 Å². The normalized spacial score (nSPS) is 34.1. The molecule has 0 amide bonds. The zero-order valence-corrected chi connectivity index (χ0v) is 6.91. The molecule has 64 valence electrons. The Labute approximate surface area is 67.4 Å². The summed E-state index contributed by atoms with van der Waals surface area (Å²) in [5.74, 6) is 0.767. The summed E-state index contributed by atoms with van der Waals surface area (Å²) in [5.41, 5.74) is -0.720. The van der Waals surface area contributed by atoms with Gasteiger partial charge in [-0.3, -0.25) is 0 Å². The maximum absolute atomic E-state index is 13.1. The van der Waals surface area contributed by atoms with Crippen molar-refractivity contribution in [2.45, 2.75) is 37.8 Å². The molecular weight excluding hydrogens is 141 g/mol. The molecule has 0 aromatic heterocycles. The minimum Gasteiger partial charge on any atom is -0.316 e. The molecule has 1 aliphatic carbocycles. The molecule has 0 aromatic rings. The lowest BCUT2D eigenvalue weighted by Crippen LogP contribution is -2.10. The monoisotopic (exact) mass is 157 g/mol. The molecule has 1 N–H and O–H groups in total. The molecular formula is C9H16FN. The number of hydrogen-bond acceptors (Lipinski definition) is 1. The summed E-state index contributed by atoms with van der Waals surface area (Å²) in [6.45, 7) is 2.26. The van der Waals surface area contributed by atoms with Gasteiger partial charge in [0.15, 0.2) is 0 Å². The van der Waals surface area contributed by atoms with Crippen LogP contribution in [0.15, 0.2) is 0 Å². The standard InChI is InChI=1S/C9H16FN/c10-9(4-5-9)3-1-8-2-6-11-7-8/h8,11H,1-7H2. The molecule has 2 heteroatoms. The van der Waals surface area contributed by atoms with Crippen molar-refractivity contribution in [2.75, 3.05) is 13.1 Å². The Hall–Kier alpha value is -0.110. The van der Waals surface area contributed by atoms with E-state index in [4.69, 9.17) is 0 Å². The van der Waals surface area contributed by atoms with Gasteiger partial charge in [0.2, 0.25) is 0 Å². The van der Waals surface area contributed by atoms with E-state index in [9.17, 15) is 4.39 Å². The van der Waals surface area contributed by atoms with E-state index >= 15 is 0 Å². The van der Waals surface area contributed by atoms with Gasteiger partial charge >= 0.3 is 0 Å². The molecule has 0 aromatic carbocycles. The van der Waals surface area contributed by atoms with Crippen LogP contribution in [0.3, 0.4) is 0 Å². The molecule has 1 aliphatic heterocycles. The van der Waals surface area contributed by atoms with Crippen LogP contribution in [0.5, 0.6) is 0 Å². The molecule has 0 radical (unpaired) electrons. The highest BCUT2D eigenvalue weighted by Gasteiger charge is 2.42. The van der Waals surface area contributed by atoms with Crippen molar-refractivity contribution in [3.63, 3.8) is 0 Å². The third-order valence-corrected chi connectivity index (χ3v) is 2.96. The number of nitrogens with one attached hydrogen (secondary N) is 1. The van der Waals surface area contributed by atoms with Gasteiger partial charge < -0.3 is 5.32 Å². The molecule has 11 heavy (non-hydrogen) atoms.